The Balaban J connectivity index is 1.14. The minimum Gasteiger partial charge on any atom is -0.464 e. The molecule has 0 radical (unpaired) electrons. The number of alkyl halides is 1. The minimum absolute atomic E-state index is 0.0458. The highest BCUT2D eigenvalue weighted by molar-refractivity contribution is 14.1. The molecular weight excluding hydrogens is 749 g/mol. The van der Waals surface area contributed by atoms with Crippen LogP contribution in [-0.2, 0) is 9.59 Å². The molecule has 2 aromatic heterocycles. The maximum atomic E-state index is 13.8. The number of nitrogens with zero attached hydrogens (tertiary/aromatic N) is 8. The van der Waals surface area contributed by atoms with Crippen LogP contribution in [0.5, 0.6) is 5.88 Å². The van der Waals surface area contributed by atoms with Crippen LogP contribution in [0, 0.1) is 11.3 Å². The van der Waals surface area contributed by atoms with Gasteiger partial charge in [0.15, 0.2) is 0 Å². The third kappa shape index (κ3) is 8.93. The summed E-state index contributed by atoms with van der Waals surface area (Å²) in [5, 5.41) is 8.78. The maximum Gasteiger partial charge on any atom is 0.236 e. The van der Waals surface area contributed by atoms with E-state index in [1.54, 1.807) is 42.4 Å². The van der Waals surface area contributed by atoms with Gasteiger partial charge in [-0.3, -0.25) is 29.8 Å². The molecule has 15 heteroatoms. The number of nitrogen functional groups attached to an aromatic ring is 1. The van der Waals surface area contributed by atoms with Gasteiger partial charge in [0.2, 0.25) is 17.7 Å². The first-order valence-electron chi connectivity index (χ1n) is 16.6. The van der Waals surface area contributed by atoms with E-state index in [0.29, 0.717) is 67.9 Å². The zero-order chi connectivity index (χ0) is 35.8. The van der Waals surface area contributed by atoms with E-state index < -0.39 is 0 Å². The molecule has 0 bridgehead atoms. The fourth-order valence-electron chi connectivity index (χ4n) is 6.08. The van der Waals surface area contributed by atoms with Crippen molar-refractivity contribution in [2.45, 2.75) is 24.4 Å². The number of carbonyl (C=O) groups is 2. The molecule has 2 amide bonds. The van der Waals surface area contributed by atoms with Gasteiger partial charge in [0.25, 0.3) is 0 Å². The van der Waals surface area contributed by atoms with Crippen molar-refractivity contribution in [1.29, 1.82) is 5.41 Å². The highest BCUT2D eigenvalue weighted by atomic mass is 127. The SMILES string of the molecule is CCN(C(=O)[C@@H]1CCN(CC(=O)N2CCN(c3ccc(C(N)=NC=NC)cc3)CC2)C1)c1ccc(N)c(C(=N)c2ccc(OC(C)I)nc2)n1. The van der Waals surface area contributed by atoms with Crippen molar-refractivity contribution in [2.24, 2.45) is 21.6 Å². The third-order valence-electron chi connectivity index (χ3n) is 8.77. The number of piperazine rings is 1. The summed E-state index contributed by atoms with van der Waals surface area (Å²) in [6.45, 7) is 8.36. The first-order chi connectivity index (χ1) is 24.1. The molecule has 4 heterocycles. The predicted octanol–water partition coefficient (Wildman–Crippen LogP) is 3.02. The lowest BCUT2D eigenvalue weighted by Crippen LogP contribution is -2.51. The molecule has 2 aliphatic rings. The number of hydrogen-bond acceptors (Lipinski definition) is 10. The maximum absolute atomic E-state index is 13.8. The van der Waals surface area contributed by atoms with E-state index >= 15 is 0 Å². The van der Waals surface area contributed by atoms with E-state index in [1.165, 1.54) is 6.34 Å². The van der Waals surface area contributed by atoms with E-state index in [2.05, 4.69) is 52.3 Å². The van der Waals surface area contributed by atoms with Gasteiger partial charge < -0.3 is 26.0 Å². The number of carbonyl (C=O) groups excluding carboxylic acids is 2. The standard InChI is InChI=1S/C35H44IN11O3/c1-4-47(29-11-10-28(37)33(43-29)32(38)25-7-12-30(41-19-25)50-23(2)36)35(49)26-13-14-44(20-26)21-31(48)46-17-15-45(16-18-46)27-8-5-24(6-9-27)34(39)42-22-40-3/h5-12,19,22-23,26,38H,4,13-18,20-21,37H2,1-3H3,(H2,39,40,42)/t23?,26-/m1/s1. The van der Waals surface area contributed by atoms with Gasteiger partial charge in [-0.25, -0.2) is 15.0 Å². The van der Waals surface area contributed by atoms with Crippen LogP contribution < -0.4 is 26.0 Å². The summed E-state index contributed by atoms with van der Waals surface area (Å²) in [6.07, 6.45) is 3.63. The number of nitrogens with one attached hydrogen (secondary N) is 1. The van der Waals surface area contributed by atoms with Gasteiger partial charge >= 0.3 is 0 Å². The molecule has 5 N–H and O–H groups in total. The smallest absolute Gasteiger partial charge is 0.236 e. The van der Waals surface area contributed by atoms with Crippen molar-refractivity contribution >= 4 is 69.5 Å². The van der Waals surface area contributed by atoms with Crippen molar-refractivity contribution in [3.8, 4) is 5.88 Å². The average Bonchev–Trinajstić information content (AvgIpc) is 3.60. The van der Waals surface area contributed by atoms with Crippen molar-refractivity contribution in [3.63, 3.8) is 0 Å². The van der Waals surface area contributed by atoms with Crippen molar-refractivity contribution in [2.75, 3.05) is 74.9 Å². The molecule has 50 heavy (non-hydrogen) atoms. The van der Waals surface area contributed by atoms with Gasteiger partial charge in [0, 0.05) is 75.4 Å². The van der Waals surface area contributed by atoms with Crippen LogP contribution >= 0.6 is 22.6 Å². The number of ether oxygens (including phenoxy) is 1. The number of likely N-dealkylation sites (tertiary alicyclic amines) is 1. The van der Waals surface area contributed by atoms with Gasteiger partial charge in [-0.15, -0.1) is 0 Å². The second-order valence-corrected chi connectivity index (χ2v) is 13.9. The van der Waals surface area contributed by atoms with Gasteiger partial charge in [0.1, 0.15) is 27.8 Å². The molecule has 0 spiro atoms. The van der Waals surface area contributed by atoms with E-state index in [-0.39, 0.29) is 39.8 Å². The van der Waals surface area contributed by atoms with E-state index in [0.717, 1.165) is 24.3 Å². The highest BCUT2D eigenvalue weighted by Crippen LogP contribution is 2.25. The number of nitrogens with two attached hydrogens (primary N) is 2. The van der Waals surface area contributed by atoms with Crippen molar-refractivity contribution in [1.82, 2.24) is 19.8 Å². The summed E-state index contributed by atoms with van der Waals surface area (Å²) < 4.78 is 5.55. The van der Waals surface area contributed by atoms with Gasteiger partial charge in [-0.2, -0.15) is 0 Å². The summed E-state index contributed by atoms with van der Waals surface area (Å²) in [5.74, 6) is 1.05. The summed E-state index contributed by atoms with van der Waals surface area (Å²) in [7, 11) is 1.64. The van der Waals surface area contributed by atoms with E-state index in [4.69, 9.17) is 21.6 Å². The third-order valence-corrected chi connectivity index (χ3v) is 9.02. The summed E-state index contributed by atoms with van der Waals surface area (Å²) in [4.78, 5) is 51.8. The predicted molar refractivity (Wildman–Crippen MR) is 206 cm³/mol. The van der Waals surface area contributed by atoms with E-state index in [1.807, 2.05) is 43.0 Å². The number of aliphatic imine (C=N–C) groups is 2. The molecule has 14 nitrogen and oxygen atoms in total. The largest absolute Gasteiger partial charge is 0.464 e. The number of benzene rings is 1. The Hall–Kier alpha value is -4.64. The number of amidine groups is 1. The zero-order valence-electron chi connectivity index (χ0n) is 28.6. The molecule has 3 aromatic rings. The molecule has 264 valence electrons. The fourth-order valence-corrected chi connectivity index (χ4v) is 6.34. The molecule has 1 aromatic carbocycles. The van der Waals surface area contributed by atoms with E-state index in [9.17, 15) is 9.59 Å². The number of amides is 2. The second kappa shape index (κ2) is 16.8. The van der Waals surface area contributed by atoms with Gasteiger partial charge in [-0.1, -0.05) is 0 Å². The Morgan fingerprint density at radius 2 is 1.82 bits per heavy atom. The van der Waals surface area contributed by atoms with Crippen LogP contribution in [0.4, 0.5) is 17.2 Å². The number of pyridine rings is 2. The second-order valence-electron chi connectivity index (χ2n) is 12.1. The van der Waals surface area contributed by atoms with Crippen LogP contribution in [-0.4, -0.2) is 113 Å². The number of rotatable bonds is 12. The number of aromatic nitrogens is 2. The Morgan fingerprint density at radius 1 is 1.10 bits per heavy atom. The Labute approximate surface area is 306 Å². The fraction of sp³-hybridized carbons (Fsp3) is 0.400. The summed E-state index contributed by atoms with van der Waals surface area (Å²) in [6, 6.07) is 14.7. The topological polar surface area (TPSA) is 183 Å². The van der Waals surface area contributed by atoms with Crippen LogP contribution in [0.15, 0.2) is 64.7 Å². The lowest BCUT2D eigenvalue weighted by molar-refractivity contribution is -0.132. The molecular formula is C35H44IN11O3. The lowest BCUT2D eigenvalue weighted by atomic mass is 10.1. The van der Waals surface area contributed by atoms with Gasteiger partial charge in [-0.05, 0) is 91.9 Å². The Morgan fingerprint density at radius 3 is 2.46 bits per heavy atom. The molecule has 2 atom stereocenters. The molecule has 5 rings (SSSR count). The normalized spacial score (nSPS) is 17.6. The Bertz CT molecular complexity index is 1720. The molecule has 2 fully saturated rings. The molecule has 0 aliphatic carbocycles. The quantitative estimate of drug-likeness (QED) is 0.108. The average molecular weight is 794 g/mol. The van der Waals surface area contributed by atoms with Crippen molar-refractivity contribution in [3.05, 3.63) is 71.5 Å². The number of anilines is 3. The highest BCUT2D eigenvalue weighted by Gasteiger charge is 2.34. The summed E-state index contributed by atoms with van der Waals surface area (Å²) >= 11 is 2.14. The van der Waals surface area contributed by atoms with Crippen molar-refractivity contribution < 1.29 is 14.3 Å². The Kier molecular flexibility index (Phi) is 12.3. The number of halogens is 1. The van der Waals surface area contributed by atoms with Crippen LogP contribution in [0.25, 0.3) is 0 Å². The zero-order valence-corrected chi connectivity index (χ0v) is 30.8. The molecule has 2 saturated heterocycles. The van der Waals surface area contributed by atoms with Gasteiger partial charge in [0.05, 0.1) is 23.9 Å². The monoisotopic (exact) mass is 793 g/mol. The van der Waals surface area contributed by atoms with Crippen LogP contribution in [0.1, 0.15) is 37.1 Å². The molecule has 1 unspecified atom stereocenters. The first-order valence-corrected chi connectivity index (χ1v) is 17.9. The van der Waals surface area contributed by atoms with Crippen LogP contribution in [0.3, 0.4) is 0 Å². The summed E-state index contributed by atoms with van der Waals surface area (Å²) in [5.41, 5.74) is 15.4. The van der Waals surface area contributed by atoms with Crippen LogP contribution in [0.2, 0.25) is 0 Å². The lowest BCUT2D eigenvalue weighted by Gasteiger charge is -2.36. The first kappa shape index (κ1) is 36.6. The molecule has 2 aliphatic heterocycles. The minimum atomic E-state index is -0.268. The molecule has 0 saturated carbocycles. The number of hydrogen-bond donors (Lipinski definition) is 3.